The zero-order chi connectivity index (χ0) is 27.0. The van der Waals surface area contributed by atoms with Gasteiger partial charge in [-0.3, -0.25) is 9.59 Å². The fraction of sp³-hybridized carbons (Fsp3) is 0.938. The molecular weight excluding hydrogens is 448 g/mol. The third kappa shape index (κ3) is 23.3. The highest BCUT2D eigenvalue weighted by Gasteiger charge is 2.23. The molecule has 0 aliphatic rings. The first-order chi connectivity index (χ1) is 17.2. The third-order valence-corrected chi connectivity index (χ3v) is 7.11. The fourth-order valence-corrected chi connectivity index (χ4v) is 4.65. The fourth-order valence-electron chi connectivity index (χ4n) is 4.65. The van der Waals surface area contributed by atoms with Crippen molar-refractivity contribution in [3.63, 3.8) is 0 Å². The second-order valence-corrected chi connectivity index (χ2v) is 12.1. The van der Waals surface area contributed by atoms with E-state index in [1.165, 1.54) is 57.8 Å². The quantitative estimate of drug-likeness (QED) is 0.0906. The molecule has 1 atom stereocenters. The Hall–Kier alpha value is -1.06. The van der Waals surface area contributed by atoms with Crippen LogP contribution < -0.4 is 0 Å². The highest BCUT2D eigenvalue weighted by molar-refractivity contribution is 5.72. The van der Waals surface area contributed by atoms with Crippen LogP contribution in [0.4, 0.5) is 0 Å². The maximum Gasteiger partial charge on any atom is 0.309 e. The summed E-state index contributed by atoms with van der Waals surface area (Å²) in [6, 6.07) is 0. The van der Waals surface area contributed by atoms with Crippen LogP contribution in [0.1, 0.15) is 157 Å². The van der Waals surface area contributed by atoms with Crippen molar-refractivity contribution in [3.8, 4) is 0 Å². The van der Waals surface area contributed by atoms with Gasteiger partial charge in [-0.1, -0.05) is 112 Å². The van der Waals surface area contributed by atoms with E-state index in [1.54, 1.807) is 0 Å². The van der Waals surface area contributed by atoms with E-state index in [0.29, 0.717) is 37.4 Å². The summed E-state index contributed by atoms with van der Waals surface area (Å²) < 4.78 is 10.9. The number of carbonyl (C=O) groups is 2. The molecule has 0 saturated carbocycles. The maximum atomic E-state index is 12.4. The van der Waals surface area contributed by atoms with Gasteiger partial charge in [-0.2, -0.15) is 0 Å². The highest BCUT2D eigenvalue weighted by atomic mass is 16.5. The van der Waals surface area contributed by atoms with Gasteiger partial charge in [0, 0.05) is 6.42 Å². The van der Waals surface area contributed by atoms with E-state index in [2.05, 4.69) is 41.5 Å². The number of hydrogen-bond acceptors (Lipinski definition) is 4. The van der Waals surface area contributed by atoms with Gasteiger partial charge in [0.2, 0.25) is 0 Å². The molecular formula is C32H62O4. The molecule has 0 saturated heterocycles. The Labute approximate surface area is 225 Å². The maximum absolute atomic E-state index is 12.4. The predicted molar refractivity (Wildman–Crippen MR) is 153 cm³/mol. The van der Waals surface area contributed by atoms with E-state index in [9.17, 15) is 9.59 Å². The first-order valence-electron chi connectivity index (χ1n) is 15.6. The second-order valence-electron chi connectivity index (χ2n) is 12.1. The monoisotopic (exact) mass is 510 g/mol. The lowest BCUT2D eigenvalue weighted by Gasteiger charge is -2.19. The molecule has 0 amide bonds. The van der Waals surface area contributed by atoms with Crippen molar-refractivity contribution < 1.29 is 19.1 Å². The molecule has 0 bridgehead atoms. The number of esters is 2. The van der Waals surface area contributed by atoms with Crippen molar-refractivity contribution in [3.05, 3.63) is 0 Å². The van der Waals surface area contributed by atoms with Gasteiger partial charge in [-0.15, -0.1) is 0 Å². The van der Waals surface area contributed by atoms with Gasteiger partial charge >= 0.3 is 11.9 Å². The van der Waals surface area contributed by atoms with Crippen LogP contribution in [0.15, 0.2) is 0 Å². The lowest BCUT2D eigenvalue weighted by atomic mass is 9.90. The van der Waals surface area contributed by atoms with E-state index in [-0.39, 0.29) is 17.9 Å². The summed E-state index contributed by atoms with van der Waals surface area (Å²) in [5.74, 6) is 1.77. The van der Waals surface area contributed by atoms with Crippen LogP contribution in [0, 0.1) is 23.7 Å². The van der Waals surface area contributed by atoms with Crippen molar-refractivity contribution in [2.45, 2.75) is 157 Å². The van der Waals surface area contributed by atoms with Gasteiger partial charge < -0.3 is 9.47 Å². The molecule has 0 aliphatic carbocycles. The van der Waals surface area contributed by atoms with E-state index >= 15 is 0 Å². The van der Waals surface area contributed by atoms with Crippen molar-refractivity contribution >= 4 is 11.9 Å². The molecule has 0 heterocycles. The van der Waals surface area contributed by atoms with Crippen molar-refractivity contribution in [1.82, 2.24) is 0 Å². The largest absolute Gasteiger partial charge is 0.466 e. The summed E-state index contributed by atoms with van der Waals surface area (Å²) in [4.78, 5) is 24.1. The Kier molecular flexibility index (Phi) is 23.6. The molecule has 0 radical (unpaired) electrons. The summed E-state index contributed by atoms with van der Waals surface area (Å²) in [6.45, 7) is 14.3. The first kappa shape index (κ1) is 34.9. The minimum atomic E-state index is -0.0180. The lowest BCUT2D eigenvalue weighted by molar-refractivity contribution is -0.150. The number of ether oxygens (including phenoxy) is 2. The van der Waals surface area contributed by atoms with Crippen LogP contribution in [-0.2, 0) is 19.1 Å². The van der Waals surface area contributed by atoms with Gasteiger partial charge in [0.05, 0.1) is 19.1 Å². The molecule has 0 N–H and O–H groups in total. The summed E-state index contributed by atoms with van der Waals surface area (Å²) in [7, 11) is 0. The van der Waals surface area contributed by atoms with Crippen LogP contribution >= 0.6 is 0 Å². The molecule has 1 unspecified atom stereocenters. The van der Waals surface area contributed by atoms with Gasteiger partial charge in [-0.25, -0.2) is 0 Å². The molecule has 0 aromatic carbocycles. The highest BCUT2D eigenvalue weighted by Crippen LogP contribution is 2.22. The van der Waals surface area contributed by atoms with Crippen molar-refractivity contribution in [1.29, 1.82) is 0 Å². The zero-order valence-electron chi connectivity index (χ0n) is 25.1. The molecule has 0 aliphatic heterocycles. The third-order valence-electron chi connectivity index (χ3n) is 7.11. The molecule has 36 heavy (non-hydrogen) atoms. The van der Waals surface area contributed by atoms with E-state index in [0.717, 1.165) is 51.4 Å². The van der Waals surface area contributed by atoms with Crippen LogP contribution in [0.2, 0.25) is 0 Å². The Morgan fingerprint density at radius 2 is 0.917 bits per heavy atom. The van der Waals surface area contributed by atoms with E-state index in [4.69, 9.17) is 9.47 Å². The minimum absolute atomic E-state index is 0.0180. The lowest BCUT2D eigenvalue weighted by Crippen LogP contribution is -2.23. The SMILES string of the molecule is CC(C)CCCOC(=O)CCCCCCCCCCCCCCC(C(=O)OCCCC(C)C)C(C)C. The molecule has 0 aromatic rings. The number of carbonyl (C=O) groups excluding carboxylic acids is 2. The summed E-state index contributed by atoms with van der Waals surface area (Å²) in [5, 5.41) is 0. The molecule has 0 fully saturated rings. The smallest absolute Gasteiger partial charge is 0.309 e. The van der Waals surface area contributed by atoms with Gasteiger partial charge in [0.1, 0.15) is 0 Å². The van der Waals surface area contributed by atoms with E-state index < -0.39 is 0 Å². The van der Waals surface area contributed by atoms with Crippen LogP contribution in [0.3, 0.4) is 0 Å². The second kappa shape index (κ2) is 24.3. The Bertz CT molecular complexity index is 512. The van der Waals surface area contributed by atoms with Crippen LogP contribution in [0.5, 0.6) is 0 Å². The van der Waals surface area contributed by atoms with Gasteiger partial charge in [0.15, 0.2) is 0 Å². The number of rotatable bonds is 25. The van der Waals surface area contributed by atoms with E-state index in [1.807, 2.05) is 0 Å². The topological polar surface area (TPSA) is 52.6 Å². The molecule has 214 valence electrons. The Morgan fingerprint density at radius 3 is 1.36 bits per heavy atom. The number of unbranched alkanes of at least 4 members (excludes halogenated alkanes) is 11. The average Bonchev–Trinajstić information content (AvgIpc) is 2.81. The summed E-state index contributed by atoms with van der Waals surface area (Å²) in [5.41, 5.74) is 0. The van der Waals surface area contributed by atoms with Crippen LogP contribution in [-0.4, -0.2) is 25.2 Å². The normalized spacial score (nSPS) is 12.5. The molecule has 0 aromatic heterocycles. The molecule has 0 spiro atoms. The predicted octanol–water partition coefficient (Wildman–Crippen LogP) is 9.68. The summed E-state index contributed by atoms with van der Waals surface area (Å²) in [6.07, 6.45) is 20.6. The van der Waals surface area contributed by atoms with Gasteiger partial charge in [0.25, 0.3) is 0 Å². The Morgan fingerprint density at radius 1 is 0.500 bits per heavy atom. The zero-order valence-corrected chi connectivity index (χ0v) is 25.1. The number of hydrogen-bond donors (Lipinski definition) is 0. The molecule has 4 heteroatoms. The summed E-state index contributed by atoms with van der Waals surface area (Å²) >= 11 is 0. The minimum Gasteiger partial charge on any atom is -0.466 e. The average molecular weight is 511 g/mol. The molecule has 4 nitrogen and oxygen atoms in total. The van der Waals surface area contributed by atoms with Crippen molar-refractivity contribution in [2.75, 3.05) is 13.2 Å². The standard InChI is InChI=1S/C32H62O4/c1-27(2)21-19-25-35-31(33)24-18-16-14-12-10-8-7-9-11-13-15-17-23-30(29(5)6)32(34)36-26-20-22-28(3)4/h27-30H,7-26H2,1-6H3. The van der Waals surface area contributed by atoms with Crippen LogP contribution in [0.25, 0.3) is 0 Å². The van der Waals surface area contributed by atoms with Gasteiger partial charge in [-0.05, 0) is 56.3 Å². The first-order valence-corrected chi connectivity index (χ1v) is 15.6. The molecule has 0 rings (SSSR count). The van der Waals surface area contributed by atoms with Crippen molar-refractivity contribution in [2.24, 2.45) is 23.7 Å². The Balaban J connectivity index is 3.51.